The zero-order chi connectivity index (χ0) is 18.2. The molecular weight excluding hydrogens is 318 g/mol. The smallest absolute Gasteiger partial charge is 0.251 e. The van der Waals surface area contributed by atoms with Crippen LogP contribution < -0.4 is 5.32 Å². The highest BCUT2D eigenvalue weighted by atomic mass is 16.5. The molecule has 2 rings (SSSR count). The summed E-state index contributed by atoms with van der Waals surface area (Å²) in [6, 6.07) is 11.0. The first-order chi connectivity index (χ1) is 12.0. The molecule has 2 aromatic rings. The largest absolute Gasteiger partial charge is 0.504 e. The van der Waals surface area contributed by atoms with E-state index < -0.39 is 6.10 Å². The summed E-state index contributed by atoms with van der Waals surface area (Å²) >= 11 is 0. The summed E-state index contributed by atoms with van der Waals surface area (Å²) in [6.07, 6.45) is 2.87. The van der Waals surface area contributed by atoms with E-state index in [4.69, 9.17) is 9.15 Å². The second kappa shape index (κ2) is 8.89. The van der Waals surface area contributed by atoms with Crippen LogP contribution in [0.1, 0.15) is 23.8 Å². The van der Waals surface area contributed by atoms with E-state index in [1.54, 1.807) is 32.4 Å². The molecule has 0 aliphatic rings. The first-order valence-electron chi connectivity index (χ1n) is 7.97. The van der Waals surface area contributed by atoms with Gasteiger partial charge < -0.3 is 19.6 Å². The van der Waals surface area contributed by atoms with E-state index in [-0.39, 0.29) is 5.91 Å². The fourth-order valence-electron chi connectivity index (χ4n) is 2.35. The fourth-order valence-corrected chi connectivity index (χ4v) is 2.35. The summed E-state index contributed by atoms with van der Waals surface area (Å²) < 4.78 is 10.1. The molecule has 0 aliphatic carbocycles. The quantitative estimate of drug-likeness (QED) is 0.572. The van der Waals surface area contributed by atoms with Gasteiger partial charge in [0.1, 0.15) is 5.76 Å². The maximum absolute atomic E-state index is 12.2. The van der Waals surface area contributed by atoms with Crippen molar-refractivity contribution in [2.24, 2.45) is 0 Å². The van der Waals surface area contributed by atoms with E-state index >= 15 is 0 Å². The average Bonchev–Trinajstić information content (AvgIpc) is 3.13. The molecule has 1 amide bonds. The van der Waals surface area contributed by atoms with Crippen molar-refractivity contribution in [3.05, 3.63) is 78.0 Å². The molecule has 0 spiro atoms. The summed E-state index contributed by atoms with van der Waals surface area (Å²) in [5.74, 6) is 0.419. The number of hydrogen-bond donors (Lipinski definition) is 2. The Hall–Kier alpha value is -2.79. The van der Waals surface area contributed by atoms with Gasteiger partial charge in [0.25, 0.3) is 5.91 Å². The Morgan fingerprint density at radius 1 is 1.40 bits per heavy atom. The summed E-state index contributed by atoms with van der Waals surface area (Å²) in [6.45, 7) is 5.99. The summed E-state index contributed by atoms with van der Waals surface area (Å²) in [5, 5.41) is 12.9. The Morgan fingerprint density at radius 3 is 2.88 bits per heavy atom. The van der Waals surface area contributed by atoms with Crippen LogP contribution in [0.15, 0.2) is 65.5 Å². The minimum Gasteiger partial charge on any atom is -0.504 e. The molecule has 1 aromatic heterocycles. The minimum atomic E-state index is -0.642. The molecular formula is C20H23NO4. The van der Waals surface area contributed by atoms with Crippen LogP contribution in [0.25, 0.3) is 5.57 Å². The second-order valence-corrected chi connectivity index (χ2v) is 5.76. The van der Waals surface area contributed by atoms with Gasteiger partial charge in [-0.15, -0.1) is 0 Å². The average molecular weight is 341 g/mol. The van der Waals surface area contributed by atoms with Crippen molar-refractivity contribution in [2.75, 3.05) is 7.11 Å². The Bertz CT molecular complexity index is 747. The van der Waals surface area contributed by atoms with Gasteiger partial charge in [-0.05, 0) is 35.8 Å². The number of carbonyl (C=O) groups excluding carboxylic acids is 1. The van der Waals surface area contributed by atoms with E-state index in [9.17, 15) is 9.90 Å². The Balaban J connectivity index is 2.00. The van der Waals surface area contributed by atoms with Gasteiger partial charge in [0.15, 0.2) is 0 Å². The minimum absolute atomic E-state index is 0.260. The van der Waals surface area contributed by atoms with Crippen LogP contribution >= 0.6 is 0 Å². The predicted molar refractivity (Wildman–Crippen MR) is 96.5 cm³/mol. The fraction of sp³-hybridized carbons (Fsp3) is 0.250. The van der Waals surface area contributed by atoms with E-state index in [1.165, 1.54) is 6.26 Å². The van der Waals surface area contributed by atoms with Crippen LogP contribution in [0.2, 0.25) is 0 Å². The summed E-state index contributed by atoms with van der Waals surface area (Å²) in [5.41, 5.74) is 2.74. The molecule has 0 fully saturated rings. The van der Waals surface area contributed by atoms with Gasteiger partial charge >= 0.3 is 0 Å². The molecule has 0 aliphatic heterocycles. The van der Waals surface area contributed by atoms with Gasteiger partial charge in [0.2, 0.25) is 0 Å². The first kappa shape index (κ1) is 18.5. The number of rotatable bonds is 8. The number of carbonyl (C=O) groups is 1. The number of nitrogens with one attached hydrogen (secondary N) is 1. The number of ether oxygens (including phenoxy) is 1. The normalized spacial score (nSPS) is 12.5. The van der Waals surface area contributed by atoms with Crippen LogP contribution in [0.3, 0.4) is 0 Å². The number of aliphatic hydroxyl groups is 1. The van der Waals surface area contributed by atoms with Crippen molar-refractivity contribution in [1.82, 2.24) is 5.32 Å². The summed E-state index contributed by atoms with van der Waals surface area (Å²) in [4.78, 5) is 12.2. The van der Waals surface area contributed by atoms with Crippen molar-refractivity contribution in [2.45, 2.75) is 26.0 Å². The lowest BCUT2D eigenvalue weighted by molar-refractivity contribution is -0.115. The number of aliphatic hydroxyl groups excluding tert-OH is 1. The van der Waals surface area contributed by atoms with Crippen LogP contribution in [0.4, 0.5) is 0 Å². The maximum atomic E-state index is 12.2. The Labute approximate surface area is 147 Å². The third-order valence-electron chi connectivity index (χ3n) is 3.81. The van der Waals surface area contributed by atoms with E-state index in [1.807, 2.05) is 24.3 Å². The molecule has 1 heterocycles. The van der Waals surface area contributed by atoms with Gasteiger partial charge in [0, 0.05) is 12.0 Å². The predicted octanol–water partition coefficient (Wildman–Crippen LogP) is 3.06. The molecule has 5 nitrogen and oxygen atoms in total. The Kier molecular flexibility index (Phi) is 6.60. The Morgan fingerprint density at radius 2 is 2.20 bits per heavy atom. The number of amides is 1. The number of hydrogen-bond acceptors (Lipinski definition) is 4. The highest BCUT2D eigenvalue weighted by molar-refractivity contribution is 6.18. The summed E-state index contributed by atoms with van der Waals surface area (Å²) in [7, 11) is 1.54. The molecule has 2 N–H and O–H groups in total. The van der Waals surface area contributed by atoms with E-state index in [0.717, 1.165) is 16.7 Å². The molecule has 0 saturated carbocycles. The lowest BCUT2D eigenvalue weighted by Crippen LogP contribution is -2.23. The first-order valence-corrected chi connectivity index (χ1v) is 7.97. The van der Waals surface area contributed by atoms with Crippen LogP contribution in [0, 0.1) is 0 Å². The van der Waals surface area contributed by atoms with Crippen molar-refractivity contribution in [3.8, 4) is 0 Å². The number of furan rings is 1. The van der Waals surface area contributed by atoms with Crippen molar-refractivity contribution in [1.29, 1.82) is 0 Å². The molecule has 0 bridgehead atoms. The van der Waals surface area contributed by atoms with Crippen LogP contribution in [-0.2, 0) is 22.5 Å². The third kappa shape index (κ3) is 5.36. The van der Waals surface area contributed by atoms with Gasteiger partial charge in [-0.2, -0.15) is 0 Å². The van der Waals surface area contributed by atoms with Gasteiger partial charge in [-0.1, -0.05) is 30.8 Å². The highest BCUT2D eigenvalue weighted by Gasteiger charge is 2.12. The lowest BCUT2D eigenvalue weighted by Gasteiger charge is -2.13. The molecule has 0 saturated heterocycles. The SMILES string of the molecule is C=C(C(=O)NCc1ccco1)c1cccc(CC(O)/C(C)=C/OC)c1. The number of methoxy groups -OCH3 is 1. The van der Waals surface area contributed by atoms with E-state index in [2.05, 4.69) is 11.9 Å². The van der Waals surface area contributed by atoms with Gasteiger partial charge in [0.05, 0.1) is 32.3 Å². The van der Waals surface area contributed by atoms with Gasteiger partial charge in [-0.25, -0.2) is 0 Å². The zero-order valence-corrected chi connectivity index (χ0v) is 14.5. The molecule has 1 unspecified atom stereocenters. The highest BCUT2D eigenvalue weighted by Crippen LogP contribution is 2.17. The molecule has 25 heavy (non-hydrogen) atoms. The molecule has 1 atom stereocenters. The zero-order valence-electron chi connectivity index (χ0n) is 14.5. The van der Waals surface area contributed by atoms with Crippen LogP contribution in [0.5, 0.6) is 0 Å². The molecule has 1 aromatic carbocycles. The topological polar surface area (TPSA) is 71.7 Å². The maximum Gasteiger partial charge on any atom is 0.251 e. The standard InChI is InChI=1S/C20H23NO4/c1-14(13-24-3)19(22)11-16-6-4-7-17(10-16)15(2)20(23)21-12-18-8-5-9-25-18/h4-10,13,19,22H,2,11-12H2,1,3H3,(H,21,23)/b14-13+. The van der Waals surface area contributed by atoms with Crippen molar-refractivity contribution in [3.63, 3.8) is 0 Å². The molecule has 0 radical (unpaired) electrons. The van der Waals surface area contributed by atoms with Crippen molar-refractivity contribution >= 4 is 11.5 Å². The third-order valence-corrected chi connectivity index (χ3v) is 3.81. The molecule has 132 valence electrons. The molecule has 5 heteroatoms. The van der Waals surface area contributed by atoms with Gasteiger partial charge in [-0.3, -0.25) is 4.79 Å². The monoisotopic (exact) mass is 341 g/mol. The number of benzene rings is 1. The van der Waals surface area contributed by atoms with E-state index in [0.29, 0.717) is 24.3 Å². The lowest BCUT2D eigenvalue weighted by atomic mass is 9.98. The van der Waals surface area contributed by atoms with Crippen LogP contribution in [-0.4, -0.2) is 24.2 Å². The van der Waals surface area contributed by atoms with Crippen molar-refractivity contribution < 1.29 is 19.1 Å². The second-order valence-electron chi connectivity index (χ2n) is 5.76.